The molecule has 1 aliphatic heterocycles. The van der Waals surface area contributed by atoms with Gasteiger partial charge < -0.3 is 4.74 Å². The highest BCUT2D eigenvalue weighted by molar-refractivity contribution is 6.01. The molecule has 1 atom stereocenters. The molecule has 0 spiro atoms. The summed E-state index contributed by atoms with van der Waals surface area (Å²) in [6.45, 7) is 2.18. The van der Waals surface area contributed by atoms with E-state index in [9.17, 15) is 0 Å². The fourth-order valence-electron chi connectivity index (χ4n) is 2.88. The molecule has 1 unspecified atom stereocenters. The van der Waals surface area contributed by atoms with Crippen molar-refractivity contribution < 1.29 is 4.74 Å². The summed E-state index contributed by atoms with van der Waals surface area (Å²) < 4.78 is 5.23. The fourth-order valence-corrected chi connectivity index (χ4v) is 2.88. The van der Waals surface area contributed by atoms with Crippen LogP contribution in [0.15, 0.2) is 53.6 Å². The smallest absolute Gasteiger partial charge is 0.118 e. The van der Waals surface area contributed by atoms with Crippen LogP contribution in [0.4, 0.5) is 0 Å². The number of nitrogens with zero attached hydrogens (tertiary/aromatic N) is 2. The molecule has 3 rings (SSSR count). The van der Waals surface area contributed by atoms with Crippen LogP contribution in [-0.4, -0.2) is 24.9 Å². The van der Waals surface area contributed by atoms with Gasteiger partial charge in [0.1, 0.15) is 5.75 Å². The zero-order valence-corrected chi connectivity index (χ0v) is 13.4. The van der Waals surface area contributed by atoms with E-state index in [1.807, 2.05) is 19.2 Å². The van der Waals surface area contributed by atoms with Gasteiger partial charge in [0.25, 0.3) is 0 Å². The van der Waals surface area contributed by atoms with Crippen LogP contribution in [0.2, 0.25) is 0 Å². The van der Waals surface area contributed by atoms with Gasteiger partial charge in [0.05, 0.1) is 18.9 Å². The third-order valence-electron chi connectivity index (χ3n) is 4.31. The van der Waals surface area contributed by atoms with Crippen molar-refractivity contribution >= 4 is 5.71 Å². The first-order valence-corrected chi connectivity index (χ1v) is 7.75. The number of methoxy groups -OCH3 is 1. The molecule has 0 bridgehead atoms. The maximum Gasteiger partial charge on any atom is 0.118 e. The van der Waals surface area contributed by atoms with E-state index in [0.717, 1.165) is 24.3 Å². The molecular formula is C19H22N2O. The van der Waals surface area contributed by atoms with Gasteiger partial charge in [-0.15, -0.1) is 0 Å². The van der Waals surface area contributed by atoms with E-state index in [0.29, 0.717) is 6.04 Å². The monoisotopic (exact) mass is 294 g/mol. The Morgan fingerprint density at radius 3 is 2.36 bits per heavy atom. The van der Waals surface area contributed by atoms with E-state index >= 15 is 0 Å². The maximum absolute atomic E-state index is 5.23. The number of hydrogen-bond acceptors (Lipinski definition) is 3. The Hall–Kier alpha value is -2.29. The van der Waals surface area contributed by atoms with Gasteiger partial charge >= 0.3 is 0 Å². The van der Waals surface area contributed by atoms with Crippen molar-refractivity contribution in [3.05, 3.63) is 65.2 Å². The molecular weight excluding hydrogens is 272 g/mol. The minimum Gasteiger partial charge on any atom is -0.497 e. The summed E-state index contributed by atoms with van der Waals surface area (Å²) in [6.07, 6.45) is 2.01. The molecule has 2 aromatic rings. The number of hydrazone groups is 1. The van der Waals surface area contributed by atoms with E-state index in [1.54, 1.807) is 7.11 Å². The van der Waals surface area contributed by atoms with E-state index in [1.165, 1.54) is 16.7 Å². The second kappa shape index (κ2) is 6.22. The maximum atomic E-state index is 5.23. The highest BCUT2D eigenvalue weighted by atomic mass is 16.5. The average molecular weight is 294 g/mol. The Labute approximate surface area is 132 Å². The Bertz CT molecular complexity index is 659. The van der Waals surface area contributed by atoms with Gasteiger partial charge in [0, 0.05) is 13.5 Å². The Morgan fingerprint density at radius 2 is 1.77 bits per heavy atom. The van der Waals surface area contributed by atoms with Crippen molar-refractivity contribution in [2.45, 2.75) is 25.8 Å². The topological polar surface area (TPSA) is 24.8 Å². The SMILES string of the molecule is CCc1ccc(C2=NN(C)C(c3ccc(OC)cc3)C2)cc1. The molecule has 0 saturated heterocycles. The lowest BCUT2D eigenvalue weighted by molar-refractivity contribution is 0.289. The van der Waals surface area contributed by atoms with Gasteiger partial charge in [-0.1, -0.05) is 43.3 Å². The lowest BCUT2D eigenvalue weighted by atomic mass is 9.98. The molecule has 0 N–H and O–H groups in total. The van der Waals surface area contributed by atoms with Crippen LogP contribution in [0, 0.1) is 0 Å². The molecule has 0 radical (unpaired) electrons. The third kappa shape index (κ3) is 2.84. The molecule has 22 heavy (non-hydrogen) atoms. The van der Waals surface area contributed by atoms with Gasteiger partial charge in [0.15, 0.2) is 0 Å². The molecule has 2 aromatic carbocycles. The van der Waals surface area contributed by atoms with Crippen LogP contribution >= 0.6 is 0 Å². The molecule has 114 valence electrons. The van der Waals surface area contributed by atoms with Crippen molar-refractivity contribution in [3.8, 4) is 5.75 Å². The van der Waals surface area contributed by atoms with Crippen molar-refractivity contribution in [2.24, 2.45) is 5.10 Å². The van der Waals surface area contributed by atoms with Crippen molar-refractivity contribution in [1.82, 2.24) is 5.01 Å². The van der Waals surface area contributed by atoms with Crippen LogP contribution in [0.25, 0.3) is 0 Å². The summed E-state index contributed by atoms with van der Waals surface area (Å²) in [4.78, 5) is 0. The summed E-state index contributed by atoms with van der Waals surface area (Å²) in [5.74, 6) is 0.890. The van der Waals surface area contributed by atoms with Crippen LogP contribution in [-0.2, 0) is 6.42 Å². The first kappa shape index (κ1) is 14.6. The molecule has 1 aliphatic rings. The predicted molar refractivity (Wildman–Crippen MR) is 90.5 cm³/mol. The van der Waals surface area contributed by atoms with Crippen molar-refractivity contribution in [2.75, 3.05) is 14.2 Å². The minimum absolute atomic E-state index is 0.298. The Morgan fingerprint density at radius 1 is 1.09 bits per heavy atom. The zero-order valence-electron chi connectivity index (χ0n) is 13.4. The molecule has 0 aliphatic carbocycles. The van der Waals surface area contributed by atoms with Gasteiger partial charge in [-0.2, -0.15) is 5.10 Å². The third-order valence-corrected chi connectivity index (χ3v) is 4.31. The number of benzene rings is 2. The summed E-state index contributed by atoms with van der Waals surface area (Å²) >= 11 is 0. The molecule has 0 fully saturated rings. The Balaban J connectivity index is 1.78. The molecule has 3 nitrogen and oxygen atoms in total. The quantitative estimate of drug-likeness (QED) is 0.850. The van der Waals surface area contributed by atoms with Gasteiger partial charge in [-0.3, -0.25) is 5.01 Å². The van der Waals surface area contributed by atoms with E-state index in [-0.39, 0.29) is 0 Å². The second-order valence-electron chi connectivity index (χ2n) is 5.66. The summed E-state index contributed by atoms with van der Waals surface area (Å²) in [6, 6.07) is 17.3. The van der Waals surface area contributed by atoms with Crippen molar-refractivity contribution in [1.29, 1.82) is 0 Å². The first-order chi connectivity index (χ1) is 10.7. The standard InChI is InChI=1S/C19H22N2O/c1-4-14-5-7-15(8-6-14)18-13-19(21(2)20-18)16-9-11-17(22-3)12-10-16/h5-12,19H,4,13H2,1-3H3. The minimum atomic E-state index is 0.298. The lowest BCUT2D eigenvalue weighted by Crippen LogP contribution is -2.13. The summed E-state index contributed by atoms with van der Waals surface area (Å²) in [5, 5.41) is 6.79. The van der Waals surface area contributed by atoms with Gasteiger partial charge in [0.2, 0.25) is 0 Å². The van der Waals surface area contributed by atoms with E-state index in [2.05, 4.69) is 48.3 Å². The van der Waals surface area contributed by atoms with Gasteiger partial charge in [-0.25, -0.2) is 0 Å². The van der Waals surface area contributed by atoms with E-state index < -0.39 is 0 Å². The zero-order chi connectivity index (χ0) is 15.5. The summed E-state index contributed by atoms with van der Waals surface area (Å²) in [5.41, 5.74) is 5.01. The van der Waals surface area contributed by atoms with Crippen LogP contribution < -0.4 is 4.74 Å². The lowest BCUT2D eigenvalue weighted by Gasteiger charge is -2.19. The number of ether oxygens (including phenoxy) is 1. The highest BCUT2D eigenvalue weighted by Crippen LogP contribution is 2.32. The molecule has 1 heterocycles. The molecule has 0 aromatic heterocycles. The van der Waals surface area contributed by atoms with Crippen LogP contribution in [0.1, 0.15) is 36.1 Å². The molecule has 0 amide bonds. The van der Waals surface area contributed by atoms with Crippen LogP contribution in [0.3, 0.4) is 0 Å². The highest BCUT2D eigenvalue weighted by Gasteiger charge is 2.25. The fraction of sp³-hybridized carbons (Fsp3) is 0.316. The predicted octanol–water partition coefficient (Wildman–Crippen LogP) is 4.04. The Kier molecular flexibility index (Phi) is 4.14. The second-order valence-corrected chi connectivity index (χ2v) is 5.66. The molecule has 3 heteroatoms. The van der Waals surface area contributed by atoms with Crippen LogP contribution in [0.5, 0.6) is 5.75 Å². The normalized spacial score (nSPS) is 17.5. The molecule has 0 saturated carbocycles. The summed E-state index contributed by atoms with van der Waals surface area (Å²) in [7, 11) is 3.74. The van der Waals surface area contributed by atoms with Crippen molar-refractivity contribution in [3.63, 3.8) is 0 Å². The van der Waals surface area contributed by atoms with Gasteiger partial charge in [-0.05, 0) is 35.2 Å². The first-order valence-electron chi connectivity index (χ1n) is 7.75. The average Bonchev–Trinajstić information content (AvgIpc) is 2.97. The largest absolute Gasteiger partial charge is 0.497 e. The van der Waals surface area contributed by atoms with E-state index in [4.69, 9.17) is 9.84 Å². The number of rotatable bonds is 4. The number of aryl methyl sites for hydroxylation is 1. The number of hydrogen-bond donors (Lipinski definition) is 0.